The molecule has 0 saturated carbocycles. The first-order valence-corrected chi connectivity index (χ1v) is 5.04. The van der Waals surface area contributed by atoms with Crippen molar-refractivity contribution in [2.45, 2.75) is 20.4 Å². The summed E-state index contributed by atoms with van der Waals surface area (Å²) in [5.74, 6) is 0. The normalized spacial score (nSPS) is 10.4. The van der Waals surface area contributed by atoms with Crippen molar-refractivity contribution in [2.75, 3.05) is 0 Å². The van der Waals surface area contributed by atoms with Crippen LogP contribution < -0.4 is 0 Å². The highest BCUT2D eigenvalue weighted by atomic mass is 15.0. The molecule has 0 unspecified atom stereocenters. The molecule has 1 heterocycles. The summed E-state index contributed by atoms with van der Waals surface area (Å²) in [6.45, 7) is 5.36. The van der Waals surface area contributed by atoms with Crippen molar-refractivity contribution in [1.82, 2.24) is 4.57 Å². The molecule has 0 atom stereocenters. The van der Waals surface area contributed by atoms with Gasteiger partial charge in [0.1, 0.15) is 0 Å². The lowest BCUT2D eigenvalue weighted by atomic mass is 10.1. The second-order valence-electron chi connectivity index (χ2n) is 3.47. The van der Waals surface area contributed by atoms with Crippen LogP contribution in [0.25, 0.3) is 11.3 Å². The van der Waals surface area contributed by atoms with E-state index >= 15 is 0 Å². The van der Waals surface area contributed by atoms with E-state index in [-0.39, 0.29) is 0 Å². The highest BCUT2D eigenvalue weighted by molar-refractivity contribution is 5.60. The van der Waals surface area contributed by atoms with E-state index in [0.29, 0.717) is 0 Å². The number of hydrogen-bond donors (Lipinski definition) is 0. The van der Waals surface area contributed by atoms with Crippen molar-refractivity contribution >= 4 is 0 Å². The van der Waals surface area contributed by atoms with Crippen LogP contribution in [0.5, 0.6) is 0 Å². The smallest absolute Gasteiger partial charge is 0.0482 e. The van der Waals surface area contributed by atoms with Crippen molar-refractivity contribution in [3.05, 3.63) is 48.2 Å². The van der Waals surface area contributed by atoms with Crippen LogP contribution >= 0.6 is 0 Å². The summed E-state index contributed by atoms with van der Waals surface area (Å²) in [5.41, 5.74) is 3.93. The Morgan fingerprint density at radius 1 is 1.00 bits per heavy atom. The third-order valence-corrected chi connectivity index (χ3v) is 2.58. The van der Waals surface area contributed by atoms with Gasteiger partial charge in [0.25, 0.3) is 0 Å². The van der Waals surface area contributed by atoms with Gasteiger partial charge in [-0.2, -0.15) is 0 Å². The zero-order valence-corrected chi connectivity index (χ0v) is 8.70. The maximum atomic E-state index is 2.33. The molecule has 1 aromatic carbocycles. The van der Waals surface area contributed by atoms with Gasteiger partial charge in [-0.25, -0.2) is 0 Å². The van der Waals surface area contributed by atoms with Crippen molar-refractivity contribution in [1.29, 1.82) is 0 Å². The van der Waals surface area contributed by atoms with Gasteiger partial charge in [0.15, 0.2) is 0 Å². The quantitative estimate of drug-likeness (QED) is 0.675. The van der Waals surface area contributed by atoms with Crippen molar-refractivity contribution in [3.8, 4) is 11.3 Å². The fourth-order valence-electron chi connectivity index (χ4n) is 1.85. The summed E-state index contributed by atoms with van der Waals surface area (Å²) >= 11 is 0. The molecular formula is C13H15N. The largest absolute Gasteiger partial charge is 0.345 e. The van der Waals surface area contributed by atoms with Crippen LogP contribution in [-0.4, -0.2) is 4.57 Å². The molecule has 1 aromatic heterocycles. The SMILES string of the molecule is CCn1c(C)ccc1-c1ccccc1. The Balaban J connectivity index is 2.52. The first kappa shape index (κ1) is 9.07. The first-order valence-electron chi connectivity index (χ1n) is 5.04. The van der Waals surface area contributed by atoms with Crippen molar-refractivity contribution in [3.63, 3.8) is 0 Å². The van der Waals surface area contributed by atoms with E-state index in [4.69, 9.17) is 0 Å². The van der Waals surface area contributed by atoms with Gasteiger partial charge in [0, 0.05) is 17.9 Å². The van der Waals surface area contributed by atoms with Crippen LogP contribution in [0, 0.1) is 6.92 Å². The highest BCUT2D eigenvalue weighted by Crippen LogP contribution is 2.21. The number of benzene rings is 1. The van der Waals surface area contributed by atoms with E-state index in [1.165, 1.54) is 17.0 Å². The van der Waals surface area contributed by atoms with Crippen LogP contribution in [0.1, 0.15) is 12.6 Å². The standard InChI is InChI=1S/C13H15N/c1-3-14-11(2)9-10-13(14)12-7-5-4-6-8-12/h4-10H,3H2,1-2H3. The average molecular weight is 185 g/mol. The van der Waals surface area contributed by atoms with Gasteiger partial charge >= 0.3 is 0 Å². The Labute approximate surface area is 85.0 Å². The molecule has 0 N–H and O–H groups in total. The van der Waals surface area contributed by atoms with Gasteiger partial charge in [0.2, 0.25) is 0 Å². The van der Waals surface area contributed by atoms with Crippen LogP contribution in [0.2, 0.25) is 0 Å². The Morgan fingerprint density at radius 2 is 1.71 bits per heavy atom. The van der Waals surface area contributed by atoms with Crippen LogP contribution in [0.3, 0.4) is 0 Å². The molecule has 0 aliphatic rings. The third kappa shape index (κ3) is 1.46. The predicted molar refractivity (Wildman–Crippen MR) is 60.3 cm³/mol. The minimum Gasteiger partial charge on any atom is -0.345 e. The Hall–Kier alpha value is -1.50. The fraction of sp³-hybridized carbons (Fsp3) is 0.231. The van der Waals surface area contributed by atoms with E-state index in [2.05, 4.69) is 60.9 Å². The maximum Gasteiger partial charge on any atom is 0.0482 e. The lowest BCUT2D eigenvalue weighted by molar-refractivity contribution is 0.750. The molecule has 0 fully saturated rings. The molecule has 0 spiro atoms. The van der Waals surface area contributed by atoms with Gasteiger partial charge in [-0.1, -0.05) is 30.3 Å². The molecule has 0 aliphatic heterocycles. The number of aromatic nitrogens is 1. The number of rotatable bonds is 2. The molecule has 0 radical (unpaired) electrons. The number of aryl methyl sites for hydroxylation is 1. The number of hydrogen-bond acceptors (Lipinski definition) is 0. The summed E-state index contributed by atoms with van der Waals surface area (Å²) in [5, 5.41) is 0. The third-order valence-electron chi connectivity index (χ3n) is 2.58. The van der Waals surface area contributed by atoms with Crippen LogP contribution in [0.4, 0.5) is 0 Å². The molecule has 2 aromatic rings. The van der Waals surface area contributed by atoms with E-state index in [1.54, 1.807) is 0 Å². The highest BCUT2D eigenvalue weighted by Gasteiger charge is 2.04. The minimum absolute atomic E-state index is 1.03. The van der Waals surface area contributed by atoms with Gasteiger partial charge in [-0.3, -0.25) is 0 Å². The molecule has 0 bridgehead atoms. The predicted octanol–water partition coefficient (Wildman–Crippen LogP) is 3.48. The monoisotopic (exact) mass is 185 g/mol. The molecule has 0 aliphatic carbocycles. The summed E-state index contributed by atoms with van der Waals surface area (Å²) in [4.78, 5) is 0. The maximum absolute atomic E-state index is 2.33. The van der Waals surface area contributed by atoms with E-state index in [1.807, 2.05) is 0 Å². The lowest BCUT2D eigenvalue weighted by Gasteiger charge is -2.08. The lowest BCUT2D eigenvalue weighted by Crippen LogP contribution is -1.98. The molecule has 2 rings (SSSR count). The zero-order chi connectivity index (χ0) is 9.97. The molecule has 14 heavy (non-hydrogen) atoms. The first-order chi connectivity index (χ1) is 6.83. The van der Waals surface area contributed by atoms with E-state index in [9.17, 15) is 0 Å². The van der Waals surface area contributed by atoms with Gasteiger partial charge < -0.3 is 4.57 Å². The molecule has 0 saturated heterocycles. The topological polar surface area (TPSA) is 4.93 Å². The molecule has 1 nitrogen and oxygen atoms in total. The van der Waals surface area contributed by atoms with Crippen LogP contribution in [-0.2, 0) is 6.54 Å². The Morgan fingerprint density at radius 3 is 2.36 bits per heavy atom. The Kier molecular flexibility index (Phi) is 2.40. The molecule has 1 heteroatoms. The van der Waals surface area contributed by atoms with Crippen LogP contribution in [0.15, 0.2) is 42.5 Å². The summed E-state index contributed by atoms with van der Waals surface area (Å²) < 4.78 is 2.33. The number of nitrogens with zero attached hydrogens (tertiary/aromatic N) is 1. The van der Waals surface area contributed by atoms with Crippen molar-refractivity contribution in [2.24, 2.45) is 0 Å². The second kappa shape index (κ2) is 3.70. The molecule has 72 valence electrons. The summed E-state index contributed by atoms with van der Waals surface area (Å²) in [6, 6.07) is 14.9. The van der Waals surface area contributed by atoms with Gasteiger partial charge in [-0.15, -0.1) is 0 Å². The van der Waals surface area contributed by atoms with Gasteiger partial charge in [-0.05, 0) is 31.5 Å². The second-order valence-corrected chi connectivity index (χ2v) is 3.47. The minimum atomic E-state index is 1.03. The molecular weight excluding hydrogens is 170 g/mol. The average Bonchev–Trinajstić information content (AvgIpc) is 2.61. The zero-order valence-electron chi connectivity index (χ0n) is 8.70. The fourth-order valence-corrected chi connectivity index (χ4v) is 1.85. The molecule has 0 amide bonds. The summed E-state index contributed by atoms with van der Waals surface area (Å²) in [7, 11) is 0. The van der Waals surface area contributed by atoms with Crippen molar-refractivity contribution < 1.29 is 0 Å². The van der Waals surface area contributed by atoms with E-state index < -0.39 is 0 Å². The van der Waals surface area contributed by atoms with Gasteiger partial charge in [0.05, 0.1) is 0 Å². The van der Waals surface area contributed by atoms with E-state index in [0.717, 1.165) is 6.54 Å². The Bertz CT molecular complexity index is 412. The summed E-state index contributed by atoms with van der Waals surface area (Å²) in [6.07, 6.45) is 0.